The highest BCUT2D eigenvalue weighted by atomic mass is 16.5. The number of aromatic nitrogens is 2. The number of ether oxygens (including phenoxy) is 2. The molecule has 34 heavy (non-hydrogen) atoms. The van der Waals surface area contributed by atoms with Crippen molar-refractivity contribution in [2.24, 2.45) is 0 Å². The minimum absolute atomic E-state index is 0.0120. The standard InChI is InChI=1S/C27H30N4O3/c1-18-26-23(15-19(16-24(26)32)22-10-9-21(33-2)17-25(22)34-3)29-27(28-18)31-13-11-30(12-14-31)20-7-5-4-6-8-20/h4-10,17,19H,11-16H2,1-3H3. The fraction of sp³-hybridized carbons (Fsp3) is 0.370. The lowest BCUT2D eigenvalue weighted by Crippen LogP contribution is -2.47. The fourth-order valence-electron chi connectivity index (χ4n) is 5.08. The van der Waals surface area contributed by atoms with Crippen molar-refractivity contribution in [1.29, 1.82) is 0 Å². The summed E-state index contributed by atoms with van der Waals surface area (Å²) in [6.45, 7) is 5.44. The number of methoxy groups -OCH3 is 2. The van der Waals surface area contributed by atoms with Crippen molar-refractivity contribution < 1.29 is 14.3 Å². The molecule has 1 saturated heterocycles. The second-order valence-corrected chi connectivity index (χ2v) is 8.88. The highest BCUT2D eigenvalue weighted by Gasteiger charge is 2.32. The van der Waals surface area contributed by atoms with E-state index in [1.54, 1.807) is 14.2 Å². The summed E-state index contributed by atoms with van der Waals surface area (Å²) >= 11 is 0. The monoisotopic (exact) mass is 458 g/mol. The number of hydrogen-bond donors (Lipinski definition) is 0. The molecule has 176 valence electrons. The Balaban J connectivity index is 1.38. The van der Waals surface area contributed by atoms with Gasteiger partial charge in [-0.3, -0.25) is 4.79 Å². The van der Waals surface area contributed by atoms with E-state index in [-0.39, 0.29) is 11.7 Å². The van der Waals surface area contributed by atoms with Gasteiger partial charge in [-0.05, 0) is 37.1 Å². The number of piperazine rings is 1. The molecular weight excluding hydrogens is 428 g/mol. The molecule has 1 atom stereocenters. The minimum atomic E-state index is 0.0120. The molecule has 0 bridgehead atoms. The Labute approximate surface area is 200 Å². The summed E-state index contributed by atoms with van der Waals surface area (Å²) in [4.78, 5) is 27.4. The van der Waals surface area contributed by atoms with Crippen molar-refractivity contribution in [2.45, 2.75) is 25.7 Å². The second-order valence-electron chi connectivity index (χ2n) is 8.88. The molecule has 1 aliphatic carbocycles. The lowest BCUT2D eigenvalue weighted by molar-refractivity contribution is 0.0961. The van der Waals surface area contributed by atoms with Crippen LogP contribution in [0, 0.1) is 6.92 Å². The molecule has 1 fully saturated rings. The molecule has 2 aromatic carbocycles. The Morgan fingerprint density at radius 1 is 0.882 bits per heavy atom. The number of carbonyl (C=O) groups is 1. The van der Waals surface area contributed by atoms with E-state index >= 15 is 0 Å². The summed E-state index contributed by atoms with van der Waals surface area (Å²) < 4.78 is 11.0. The van der Waals surface area contributed by atoms with Crippen LogP contribution in [0.15, 0.2) is 48.5 Å². The van der Waals surface area contributed by atoms with Crippen molar-refractivity contribution in [1.82, 2.24) is 9.97 Å². The Kier molecular flexibility index (Phi) is 6.09. The van der Waals surface area contributed by atoms with Crippen LogP contribution in [0.25, 0.3) is 0 Å². The molecule has 1 unspecified atom stereocenters. The lowest BCUT2D eigenvalue weighted by atomic mass is 9.81. The van der Waals surface area contributed by atoms with Gasteiger partial charge in [0.2, 0.25) is 5.95 Å². The third kappa shape index (κ3) is 4.18. The molecule has 3 aromatic rings. The average Bonchev–Trinajstić information content (AvgIpc) is 2.88. The first-order valence-corrected chi connectivity index (χ1v) is 11.7. The largest absolute Gasteiger partial charge is 0.497 e. The summed E-state index contributed by atoms with van der Waals surface area (Å²) in [6.07, 6.45) is 1.11. The van der Waals surface area contributed by atoms with Crippen LogP contribution in [0.2, 0.25) is 0 Å². The van der Waals surface area contributed by atoms with Gasteiger partial charge in [0.15, 0.2) is 5.78 Å². The maximum atomic E-state index is 13.1. The van der Waals surface area contributed by atoms with E-state index in [0.717, 1.165) is 60.6 Å². The van der Waals surface area contributed by atoms with E-state index in [9.17, 15) is 4.79 Å². The Morgan fingerprint density at radius 3 is 2.32 bits per heavy atom. The minimum Gasteiger partial charge on any atom is -0.497 e. The summed E-state index contributed by atoms with van der Waals surface area (Å²) in [7, 11) is 3.28. The summed E-state index contributed by atoms with van der Waals surface area (Å²) in [6, 6.07) is 16.3. The maximum Gasteiger partial charge on any atom is 0.225 e. The van der Waals surface area contributed by atoms with Crippen molar-refractivity contribution in [3.63, 3.8) is 0 Å². The average molecular weight is 459 g/mol. The topological polar surface area (TPSA) is 67.8 Å². The number of benzene rings is 2. The van der Waals surface area contributed by atoms with Crippen molar-refractivity contribution in [2.75, 3.05) is 50.2 Å². The van der Waals surface area contributed by atoms with Crippen LogP contribution >= 0.6 is 0 Å². The molecule has 2 aliphatic rings. The van der Waals surface area contributed by atoms with Crippen LogP contribution in [-0.4, -0.2) is 56.1 Å². The van der Waals surface area contributed by atoms with Crippen molar-refractivity contribution in [3.05, 3.63) is 71.0 Å². The first kappa shape index (κ1) is 22.2. The number of aryl methyl sites for hydroxylation is 1. The van der Waals surface area contributed by atoms with Crippen molar-refractivity contribution in [3.8, 4) is 11.5 Å². The van der Waals surface area contributed by atoms with E-state index < -0.39 is 0 Å². The van der Waals surface area contributed by atoms with Gasteiger partial charge < -0.3 is 19.3 Å². The van der Waals surface area contributed by atoms with E-state index in [4.69, 9.17) is 19.4 Å². The highest BCUT2D eigenvalue weighted by Crippen LogP contribution is 2.39. The van der Waals surface area contributed by atoms with E-state index in [0.29, 0.717) is 18.4 Å². The fourth-order valence-corrected chi connectivity index (χ4v) is 5.08. The van der Waals surface area contributed by atoms with Gasteiger partial charge in [-0.15, -0.1) is 0 Å². The van der Waals surface area contributed by atoms with Crippen LogP contribution in [0.3, 0.4) is 0 Å². The van der Waals surface area contributed by atoms with Gasteiger partial charge in [-0.25, -0.2) is 9.97 Å². The Bertz CT molecular complexity index is 1190. The number of nitrogens with zero attached hydrogens (tertiary/aromatic N) is 4. The van der Waals surface area contributed by atoms with E-state index in [1.807, 2.05) is 31.2 Å². The zero-order valence-electron chi connectivity index (χ0n) is 20.0. The van der Waals surface area contributed by atoms with Gasteiger partial charge in [0.05, 0.1) is 31.2 Å². The number of fused-ring (bicyclic) bond motifs is 1. The molecule has 0 amide bonds. The number of hydrogen-bond acceptors (Lipinski definition) is 7. The number of anilines is 2. The van der Waals surface area contributed by atoms with Gasteiger partial charge in [0.1, 0.15) is 11.5 Å². The smallest absolute Gasteiger partial charge is 0.225 e. The Hall–Kier alpha value is -3.61. The quantitative estimate of drug-likeness (QED) is 0.572. The molecule has 7 heteroatoms. The molecule has 0 saturated carbocycles. The van der Waals surface area contributed by atoms with Gasteiger partial charge >= 0.3 is 0 Å². The highest BCUT2D eigenvalue weighted by molar-refractivity contribution is 5.99. The van der Waals surface area contributed by atoms with Crippen LogP contribution in [0.1, 0.15) is 39.6 Å². The molecule has 0 radical (unpaired) electrons. The van der Waals surface area contributed by atoms with Gasteiger partial charge in [0.25, 0.3) is 0 Å². The molecule has 2 heterocycles. The third-order valence-corrected chi connectivity index (χ3v) is 6.87. The molecule has 7 nitrogen and oxygen atoms in total. The first-order valence-electron chi connectivity index (χ1n) is 11.7. The van der Waals surface area contributed by atoms with Gasteiger partial charge in [-0.2, -0.15) is 0 Å². The summed E-state index contributed by atoms with van der Waals surface area (Å²) in [5.74, 6) is 2.31. The zero-order chi connectivity index (χ0) is 23.7. The van der Waals surface area contributed by atoms with Gasteiger partial charge in [0, 0.05) is 50.3 Å². The van der Waals surface area contributed by atoms with Crippen LogP contribution < -0.4 is 19.3 Å². The van der Waals surface area contributed by atoms with Crippen LogP contribution in [0.5, 0.6) is 11.5 Å². The molecular formula is C27H30N4O3. The Morgan fingerprint density at radius 2 is 1.62 bits per heavy atom. The number of carbonyl (C=O) groups excluding carboxylic acids is 1. The first-order chi connectivity index (χ1) is 16.6. The number of rotatable bonds is 5. The summed E-state index contributed by atoms with van der Waals surface area (Å²) in [5.41, 5.74) is 4.56. The van der Waals surface area contributed by atoms with Crippen LogP contribution in [0.4, 0.5) is 11.6 Å². The zero-order valence-corrected chi connectivity index (χ0v) is 20.0. The maximum absolute atomic E-state index is 13.1. The van der Waals surface area contributed by atoms with E-state index in [2.05, 4.69) is 34.1 Å². The predicted octanol–water partition coefficient (Wildman–Crippen LogP) is 4.04. The second kappa shape index (κ2) is 9.33. The summed E-state index contributed by atoms with van der Waals surface area (Å²) in [5, 5.41) is 0. The molecule has 1 aliphatic heterocycles. The van der Waals surface area contributed by atoms with E-state index in [1.165, 1.54) is 5.69 Å². The molecule has 0 N–H and O–H groups in total. The molecule has 0 spiro atoms. The van der Waals surface area contributed by atoms with Crippen molar-refractivity contribution >= 4 is 17.4 Å². The predicted molar refractivity (Wildman–Crippen MR) is 133 cm³/mol. The number of Topliss-reactive ketones (excluding diaryl/α,β-unsaturated/α-hetero) is 1. The SMILES string of the molecule is COc1ccc(C2CC(=O)c3c(C)nc(N4CCN(c5ccccc5)CC4)nc3C2)c(OC)c1. The third-order valence-electron chi connectivity index (χ3n) is 6.87. The lowest BCUT2D eigenvalue weighted by Gasteiger charge is -2.36. The molecule has 5 rings (SSSR count). The van der Waals surface area contributed by atoms with Gasteiger partial charge in [-0.1, -0.05) is 24.3 Å². The van der Waals surface area contributed by atoms with Crippen LogP contribution in [-0.2, 0) is 6.42 Å². The number of para-hydroxylation sites is 1. The molecule has 1 aromatic heterocycles. The number of ketones is 1. The normalized spacial score (nSPS) is 18.0.